The third-order valence-corrected chi connectivity index (χ3v) is 7.61. The summed E-state index contributed by atoms with van der Waals surface area (Å²) in [6, 6.07) is 33.7. The lowest BCUT2D eigenvalue weighted by molar-refractivity contribution is -0.114. The van der Waals surface area contributed by atoms with Crippen molar-refractivity contribution in [1.82, 2.24) is 9.78 Å². The number of rotatable bonds is 6. The highest BCUT2D eigenvalue weighted by atomic mass is 16.5. The first kappa shape index (κ1) is 27.2. The number of hydrogen-bond donors (Lipinski definition) is 2. The second-order valence-corrected chi connectivity index (χ2v) is 10.6. The van der Waals surface area contributed by atoms with Crippen LogP contribution in [0.25, 0.3) is 5.69 Å². The van der Waals surface area contributed by atoms with Crippen LogP contribution >= 0.6 is 0 Å². The second-order valence-electron chi connectivity index (χ2n) is 10.6. The maximum atomic E-state index is 11.5. The van der Waals surface area contributed by atoms with Crippen LogP contribution in [0.15, 0.2) is 113 Å². The lowest BCUT2D eigenvalue weighted by Crippen LogP contribution is -2.46. The van der Waals surface area contributed by atoms with Gasteiger partial charge in [-0.3, -0.25) is 4.79 Å². The van der Waals surface area contributed by atoms with Crippen molar-refractivity contribution >= 4 is 46.1 Å². The molecule has 0 saturated carbocycles. The molecule has 44 heavy (non-hydrogen) atoms. The third-order valence-electron chi connectivity index (χ3n) is 7.61. The number of carbonyl (C=O) groups excluding carboxylic acids is 1. The third kappa shape index (κ3) is 4.88. The zero-order valence-corrected chi connectivity index (χ0v) is 24.7. The Balaban J connectivity index is 1.41. The number of aryl methyl sites for hydroxylation is 1. The van der Waals surface area contributed by atoms with Gasteiger partial charge in [0, 0.05) is 23.9 Å². The van der Waals surface area contributed by atoms with Crippen molar-refractivity contribution in [2.45, 2.75) is 26.8 Å². The first-order valence-corrected chi connectivity index (χ1v) is 14.6. The van der Waals surface area contributed by atoms with Gasteiger partial charge in [0.05, 0.1) is 35.4 Å². The molecule has 0 fully saturated rings. The predicted molar refractivity (Wildman–Crippen MR) is 175 cm³/mol. The van der Waals surface area contributed by atoms with Gasteiger partial charge in [0.1, 0.15) is 5.75 Å². The van der Waals surface area contributed by atoms with Crippen LogP contribution in [0.3, 0.4) is 0 Å². The number of hydrogen-bond acceptors (Lipinski definition) is 7. The van der Waals surface area contributed by atoms with Crippen molar-refractivity contribution in [3.63, 3.8) is 0 Å². The summed E-state index contributed by atoms with van der Waals surface area (Å²) in [6.45, 7) is 6.12. The number of fused-ring (bicyclic) bond motifs is 4. The molecule has 5 aromatic rings. The summed E-state index contributed by atoms with van der Waals surface area (Å²) < 4.78 is 7.69. The number of carbonyl (C=O) groups is 1. The SMILES string of the molecule is CCOc1ccc([C@H]2c3c(C)nn(-c4ccccc4)c3N=C3C(Nc4ccc(NC(C)=O)cc4)=Nc4ccccc4N32)cc1. The Labute approximate surface area is 255 Å². The number of amides is 1. The zero-order chi connectivity index (χ0) is 30.2. The fourth-order valence-electron chi connectivity index (χ4n) is 5.75. The average Bonchev–Trinajstić information content (AvgIpc) is 3.37. The molecule has 0 spiro atoms. The van der Waals surface area contributed by atoms with E-state index in [0.29, 0.717) is 18.3 Å². The van der Waals surface area contributed by atoms with E-state index in [1.807, 2.05) is 103 Å². The van der Waals surface area contributed by atoms with Crippen molar-refractivity contribution in [2.75, 3.05) is 22.1 Å². The fourth-order valence-corrected chi connectivity index (χ4v) is 5.75. The van der Waals surface area contributed by atoms with Crippen LogP contribution in [0.5, 0.6) is 5.75 Å². The summed E-state index contributed by atoms with van der Waals surface area (Å²) in [5, 5.41) is 11.3. The van der Waals surface area contributed by atoms with Crippen molar-refractivity contribution in [3.8, 4) is 11.4 Å². The van der Waals surface area contributed by atoms with Crippen molar-refractivity contribution in [2.24, 2.45) is 9.98 Å². The Bertz CT molecular complexity index is 1910. The zero-order valence-electron chi connectivity index (χ0n) is 24.7. The lowest BCUT2D eigenvalue weighted by Gasteiger charge is -2.40. The van der Waals surface area contributed by atoms with E-state index in [-0.39, 0.29) is 11.9 Å². The van der Waals surface area contributed by atoms with Crippen LogP contribution in [0.1, 0.15) is 36.7 Å². The Hall–Kier alpha value is -5.70. The molecule has 2 N–H and O–H groups in total. The van der Waals surface area contributed by atoms with E-state index in [0.717, 1.165) is 56.8 Å². The Morgan fingerprint density at radius 1 is 0.864 bits per heavy atom. The van der Waals surface area contributed by atoms with Crippen molar-refractivity contribution in [1.29, 1.82) is 0 Å². The molecule has 7 rings (SSSR count). The molecule has 0 aliphatic carbocycles. The molecule has 218 valence electrons. The highest BCUT2D eigenvalue weighted by molar-refractivity contribution is 6.51. The van der Waals surface area contributed by atoms with Crippen molar-refractivity contribution < 1.29 is 9.53 Å². The standard InChI is InChI=1S/C35H31N7O2/c1-4-44-28-20-14-24(15-21-28)32-31-22(2)40-42(27-10-6-5-7-11-27)34(31)39-35-33(38-29-12-8-9-13-30(29)41(32)35)37-26-18-16-25(17-19-26)36-23(3)43/h5-21,32H,4H2,1-3H3,(H,36,43)(H,37,38)/t32-/m0/s1. The molecule has 2 aliphatic heterocycles. The fraction of sp³-hybridized carbons (Fsp3) is 0.143. The Morgan fingerprint density at radius 3 is 2.30 bits per heavy atom. The second kappa shape index (κ2) is 11.2. The molecule has 1 amide bonds. The van der Waals surface area contributed by atoms with Crippen LogP contribution < -0.4 is 20.3 Å². The largest absolute Gasteiger partial charge is 0.494 e. The Morgan fingerprint density at radius 2 is 1.57 bits per heavy atom. The number of aromatic nitrogens is 2. The number of nitrogens with zero attached hydrogens (tertiary/aromatic N) is 5. The minimum Gasteiger partial charge on any atom is -0.494 e. The molecular formula is C35H31N7O2. The molecule has 2 aliphatic rings. The molecule has 9 heteroatoms. The van der Waals surface area contributed by atoms with E-state index < -0.39 is 0 Å². The van der Waals surface area contributed by atoms with E-state index in [1.165, 1.54) is 6.92 Å². The van der Waals surface area contributed by atoms with Crippen LogP contribution in [0.2, 0.25) is 0 Å². The van der Waals surface area contributed by atoms with E-state index in [1.54, 1.807) is 0 Å². The molecule has 0 unspecified atom stereocenters. The van der Waals surface area contributed by atoms with Crippen LogP contribution in [-0.2, 0) is 4.79 Å². The van der Waals surface area contributed by atoms with E-state index in [4.69, 9.17) is 19.8 Å². The number of nitrogens with one attached hydrogen (secondary N) is 2. The van der Waals surface area contributed by atoms with Gasteiger partial charge in [0.25, 0.3) is 0 Å². The van der Waals surface area contributed by atoms with Gasteiger partial charge < -0.3 is 20.3 Å². The topological polar surface area (TPSA) is 96.1 Å². The number of aliphatic imine (C=N–C) groups is 2. The quantitative estimate of drug-likeness (QED) is 0.219. The summed E-state index contributed by atoms with van der Waals surface area (Å²) in [5.74, 6) is 2.75. The summed E-state index contributed by atoms with van der Waals surface area (Å²) in [7, 11) is 0. The maximum absolute atomic E-state index is 11.5. The lowest BCUT2D eigenvalue weighted by atomic mass is 9.93. The molecular weight excluding hydrogens is 550 g/mol. The van der Waals surface area contributed by atoms with Crippen molar-refractivity contribution in [3.05, 3.63) is 120 Å². The van der Waals surface area contributed by atoms with Gasteiger partial charge in [-0.05, 0) is 80.1 Å². The first-order valence-electron chi connectivity index (χ1n) is 14.6. The Kier molecular flexibility index (Phi) is 6.90. The van der Waals surface area contributed by atoms with Gasteiger partial charge in [-0.2, -0.15) is 5.10 Å². The highest BCUT2D eigenvalue weighted by Crippen LogP contribution is 2.48. The number of ether oxygens (including phenoxy) is 1. The smallest absolute Gasteiger partial charge is 0.221 e. The number of benzene rings is 4. The first-order chi connectivity index (χ1) is 21.5. The number of para-hydroxylation sites is 3. The molecule has 9 nitrogen and oxygen atoms in total. The molecule has 0 bridgehead atoms. The maximum Gasteiger partial charge on any atom is 0.221 e. The van der Waals surface area contributed by atoms with E-state index >= 15 is 0 Å². The summed E-state index contributed by atoms with van der Waals surface area (Å²) in [4.78, 5) is 24.1. The highest BCUT2D eigenvalue weighted by Gasteiger charge is 2.41. The summed E-state index contributed by atoms with van der Waals surface area (Å²) in [6.07, 6.45) is 0. The molecule has 1 aromatic heterocycles. The predicted octanol–water partition coefficient (Wildman–Crippen LogP) is 7.33. The van der Waals surface area contributed by atoms with E-state index in [2.05, 4.69) is 33.7 Å². The number of amidine groups is 2. The normalized spacial score (nSPS) is 14.9. The van der Waals surface area contributed by atoms with Gasteiger partial charge in [0.15, 0.2) is 17.5 Å². The molecule has 3 heterocycles. The molecule has 0 radical (unpaired) electrons. The molecule has 1 atom stereocenters. The van der Waals surface area contributed by atoms with Crippen LogP contribution in [0, 0.1) is 6.92 Å². The average molecular weight is 582 g/mol. The van der Waals surface area contributed by atoms with Gasteiger partial charge >= 0.3 is 0 Å². The minimum atomic E-state index is -0.235. The summed E-state index contributed by atoms with van der Waals surface area (Å²) in [5.41, 5.74) is 7.25. The van der Waals surface area contributed by atoms with Gasteiger partial charge in [-0.25, -0.2) is 14.7 Å². The van der Waals surface area contributed by atoms with Gasteiger partial charge in [0.2, 0.25) is 5.91 Å². The molecule has 0 saturated heterocycles. The van der Waals surface area contributed by atoms with E-state index in [9.17, 15) is 4.79 Å². The van der Waals surface area contributed by atoms with Gasteiger partial charge in [-0.1, -0.05) is 42.5 Å². The monoisotopic (exact) mass is 581 g/mol. The molecule has 4 aromatic carbocycles. The van der Waals surface area contributed by atoms with Crippen LogP contribution in [-0.4, -0.2) is 34.0 Å². The minimum absolute atomic E-state index is 0.118. The van der Waals surface area contributed by atoms with Crippen LogP contribution in [0.4, 0.5) is 28.6 Å². The number of anilines is 3. The van der Waals surface area contributed by atoms with Gasteiger partial charge in [-0.15, -0.1) is 0 Å². The summed E-state index contributed by atoms with van der Waals surface area (Å²) >= 11 is 0.